The number of aryl methyl sites for hydroxylation is 2. The van der Waals surface area contributed by atoms with Gasteiger partial charge in [-0.25, -0.2) is 8.42 Å². The van der Waals surface area contributed by atoms with Gasteiger partial charge in [0.1, 0.15) is 11.5 Å². The lowest BCUT2D eigenvalue weighted by molar-refractivity contribution is -0.118. The number of benzene rings is 3. The second-order valence-corrected chi connectivity index (χ2v) is 8.60. The van der Waals surface area contributed by atoms with Crippen LogP contribution in [0.25, 0.3) is 0 Å². The van der Waals surface area contributed by atoms with Gasteiger partial charge in [0.05, 0.1) is 17.7 Å². The lowest BCUT2D eigenvalue weighted by Gasteiger charge is -2.12. The fraction of sp³-hybridized carbons (Fsp3) is 0.174. The highest BCUT2D eigenvalue weighted by Gasteiger charge is 2.16. The third-order valence-corrected chi connectivity index (χ3v) is 6.03. The van der Waals surface area contributed by atoms with Gasteiger partial charge in [0.15, 0.2) is 6.61 Å². The van der Waals surface area contributed by atoms with Crippen LogP contribution < -0.4 is 19.5 Å². The summed E-state index contributed by atoms with van der Waals surface area (Å²) in [5, 5.41) is 2.69. The minimum atomic E-state index is -3.81. The smallest absolute Gasteiger partial charge is 0.262 e. The van der Waals surface area contributed by atoms with E-state index in [1.807, 2.05) is 32.0 Å². The van der Waals surface area contributed by atoms with Crippen molar-refractivity contribution in [2.75, 3.05) is 23.8 Å². The summed E-state index contributed by atoms with van der Waals surface area (Å²) >= 11 is 0. The molecule has 0 fully saturated rings. The number of sulfonamides is 1. The lowest BCUT2D eigenvalue weighted by atomic mass is 10.1. The Morgan fingerprint density at radius 3 is 2.32 bits per heavy atom. The standard InChI is InChI=1S/C23H24N2O5S/c1-16-8-11-19(14-17(16)2)30-15-23(26)24-18-9-12-20(13-10-18)31(27,28)25-21-6-4-5-7-22(21)29-3/h4-14,25H,15H2,1-3H3,(H,24,26). The number of anilines is 2. The Bertz CT molecular complexity index is 1170. The van der Waals surface area contributed by atoms with E-state index in [1.165, 1.54) is 31.4 Å². The van der Waals surface area contributed by atoms with Gasteiger partial charge in [-0.05, 0) is 73.5 Å². The van der Waals surface area contributed by atoms with Crippen LogP contribution in [0, 0.1) is 13.8 Å². The van der Waals surface area contributed by atoms with Crippen LogP contribution in [0.3, 0.4) is 0 Å². The molecule has 0 aromatic heterocycles. The van der Waals surface area contributed by atoms with Gasteiger partial charge >= 0.3 is 0 Å². The first-order valence-electron chi connectivity index (χ1n) is 9.54. The van der Waals surface area contributed by atoms with Gasteiger partial charge < -0.3 is 14.8 Å². The summed E-state index contributed by atoms with van der Waals surface area (Å²) in [6, 6.07) is 18.2. The quantitative estimate of drug-likeness (QED) is 0.549. The van der Waals surface area contributed by atoms with Crippen molar-refractivity contribution in [1.29, 1.82) is 0 Å². The van der Waals surface area contributed by atoms with Gasteiger partial charge in [-0.15, -0.1) is 0 Å². The molecule has 2 N–H and O–H groups in total. The summed E-state index contributed by atoms with van der Waals surface area (Å²) in [4.78, 5) is 12.2. The molecule has 3 aromatic rings. The Morgan fingerprint density at radius 2 is 1.65 bits per heavy atom. The Hall–Kier alpha value is -3.52. The van der Waals surface area contributed by atoms with Crippen molar-refractivity contribution < 1.29 is 22.7 Å². The van der Waals surface area contributed by atoms with Crippen molar-refractivity contribution in [3.8, 4) is 11.5 Å². The molecule has 0 unspecified atom stereocenters. The first-order valence-corrected chi connectivity index (χ1v) is 11.0. The molecule has 0 aliphatic heterocycles. The van der Waals surface area contributed by atoms with Crippen LogP contribution in [-0.2, 0) is 14.8 Å². The Kier molecular flexibility index (Phi) is 6.81. The number of hydrogen-bond acceptors (Lipinski definition) is 5. The molecule has 1 amide bonds. The summed E-state index contributed by atoms with van der Waals surface area (Å²) in [6.07, 6.45) is 0. The van der Waals surface area contributed by atoms with Gasteiger partial charge in [-0.3, -0.25) is 9.52 Å². The van der Waals surface area contributed by atoms with E-state index in [-0.39, 0.29) is 17.4 Å². The number of methoxy groups -OCH3 is 1. The van der Waals surface area contributed by atoms with Crippen LogP contribution in [0.1, 0.15) is 11.1 Å². The molecule has 3 rings (SSSR count). The first-order chi connectivity index (χ1) is 14.8. The molecule has 0 saturated carbocycles. The molecule has 7 nitrogen and oxygen atoms in total. The molecule has 162 valence electrons. The van der Waals surface area contributed by atoms with E-state index < -0.39 is 10.0 Å². The maximum absolute atomic E-state index is 12.6. The summed E-state index contributed by atoms with van der Waals surface area (Å²) in [5.74, 6) is 0.682. The van der Waals surface area contributed by atoms with E-state index in [1.54, 1.807) is 24.3 Å². The fourth-order valence-corrected chi connectivity index (χ4v) is 3.87. The fourth-order valence-electron chi connectivity index (χ4n) is 2.80. The van der Waals surface area contributed by atoms with Crippen LogP contribution in [0.5, 0.6) is 11.5 Å². The second kappa shape index (κ2) is 9.53. The number of carbonyl (C=O) groups excluding carboxylic acids is 1. The van der Waals surface area contributed by atoms with Crippen molar-refractivity contribution in [2.24, 2.45) is 0 Å². The minimum absolute atomic E-state index is 0.0581. The minimum Gasteiger partial charge on any atom is -0.495 e. The summed E-state index contributed by atoms with van der Waals surface area (Å²) in [5.41, 5.74) is 3.03. The Labute approximate surface area is 182 Å². The summed E-state index contributed by atoms with van der Waals surface area (Å²) in [7, 11) is -2.35. The maximum atomic E-state index is 12.6. The zero-order valence-electron chi connectivity index (χ0n) is 17.5. The average molecular weight is 441 g/mol. The van der Waals surface area contributed by atoms with Crippen LogP contribution in [0.4, 0.5) is 11.4 Å². The van der Waals surface area contributed by atoms with E-state index in [4.69, 9.17) is 9.47 Å². The number of ether oxygens (including phenoxy) is 2. The molecule has 0 heterocycles. The van der Waals surface area contributed by atoms with Crippen molar-refractivity contribution in [3.63, 3.8) is 0 Å². The Morgan fingerprint density at radius 1 is 0.935 bits per heavy atom. The molecule has 3 aromatic carbocycles. The predicted molar refractivity (Wildman–Crippen MR) is 120 cm³/mol. The van der Waals surface area contributed by atoms with E-state index in [0.717, 1.165) is 11.1 Å². The van der Waals surface area contributed by atoms with Crippen molar-refractivity contribution in [2.45, 2.75) is 18.7 Å². The number of nitrogens with one attached hydrogen (secondary N) is 2. The molecule has 0 spiro atoms. The summed E-state index contributed by atoms with van der Waals surface area (Å²) in [6.45, 7) is 3.82. The van der Waals surface area contributed by atoms with E-state index in [0.29, 0.717) is 22.9 Å². The molecule has 0 aliphatic carbocycles. The van der Waals surface area contributed by atoms with Crippen LogP contribution in [0.15, 0.2) is 71.6 Å². The predicted octanol–water partition coefficient (Wildman–Crippen LogP) is 4.13. The molecular weight excluding hydrogens is 416 g/mol. The highest BCUT2D eigenvalue weighted by molar-refractivity contribution is 7.92. The number of para-hydroxylation sites is 2. The number of hydrogen-bond donors (Lipinski definition) is 2. The summed E-state index contributed by atoms with van der Waals surface area (Å²) < 4.78 is 38.5. The maximum Gasteiger partial charge on any atom is 0.262 e. The molecule has 31 heavy (non-hydrogen) atoms. The zero-order chi connectivity index (χ0) is 22.4. The molecule has 0 radical (unpaired) electrons. The molecular formula is C23H24N2O5S. The number of amides is 1. The zero-order valence-corrected chi connectivity index (χ0v) is 18.3. The molecule has 0 bridgehead atoms. The van der Waals surface area contributed by atoms with Gasteiger partial charge in [-0.2, -0.15) is 0 Å². The first kappa shape index (κ1) is 22.2. The second-order valence-electron chi connectivity index (χ2n) is 6.91. The van der Waals surface area contributed by atoms with Crippen molar-refractivity contribution in [1.82, 2.24) is 0 Å². The third-order valence-electron chi connectivity index (χ3n) is 4.65. The van der Waals surface area contributed by atoms with Gasteiger partial charge in [-0.1, -0.05) is 18.2 Å². The lowest BCUT2D eigenvalue weighted by Crippen LogP contribution is -2.20. The highest BCUT2D eigenvalue weighted by Crippen LogP contribution is 2.26. The molecule has 8 heteroatoms. The normalized spacial score (nSPS) is 10.9. The van der Waals surface area contributed by atoms with Gasteiger partial charge in [0.25, 0.3) is 15.9 Å². The van der Waals surface area contributed by atoms with Gasteiger partial charge in [0.2, 0.25) is 0 Å². The monoisotopic (exact) mass is 440 g/mol. The number of carbonyl (C=O) groups is 1. The average Bonchev–Trinajstić information content (AvgIpc) is 2.75. The number of rotatable bonds is 8. The molecule has 0 atom stereocenters. The largest absolute Gasteiger partial charge is 0.495 e. The highest BCUT2D eigenvalue weighted by atomic mass is 32.2. The van der Waals surface area contributed by atoms with Crippen LogP contribution >= 0.6 is 0 Å². The molecule has 0 saturated heterocycles. The van der Waals surface area contributed by atoms with E-state index in [9.17, 15) is 13.2 Å². The van der Waals surface area contributed by atoms with Crippen LogP contribution in [0.2, 0.25) is 0 Å². The van der Waals surface area contributed by atoms with Gasteiger partial charge in [0, 0.05) is 5.69 Å². The topological polar surface area (TPSA) is 93.7 Å². The molecule has 0 aliphatic rings. The van der Waals surface area contributed by atoms with E-state index >= 15 is 0 Å². The van der Waals surface area contributed by atoms with E-state index in [2.05, 4.69) is 10.0 Å². The van der Waals surface area contributed by atoms with Crippen molar-refractivity contribution >= 4 is 27.3 Å². The third kappa shape index (κ3) is 5.76. The van der Waals surface area contributed by atoms with Crippen LogP contribution in [-0.4, -0.2) is 28.0 Å². The van der Waals surface area contributed by atoms with Crippen molar-refractivity contribution in [3.05, 3.63) is 77.9 Å². The Balaban J connectivity index is 1.61. The SMILES string of the molecule is COc1ccccc1NS(=O)(=O)c1ccc(NC(=O)COc2ccc(C)c(C)c2)cc1.